The molecule has 0 heterocycles. The average molecular weight is 365 g/mol. The molecule has 0 N–H and O–H groups in total. The molecule has 0 saturated heterocycles. The molecule has 2 aliphatic rings. The van der Waals surface area contributed by atoms with Gasteiger partial charge in [0.15, 0.2) is 0 Å². The summed E-state index contributed by atoms with van der Waals surface area (Å²) in [4.78, 5) is 0. The fourth-order valence-corrected chi connectivity index (χ4v) is 13.9. The average Bonchev–Trinajstić information content (AvgIpc) is 3.13. The third-order valence-electron chi connectivity index (χ3n) is 5.12. The first-order chi connectivity index (χ1) is 10.8. The number of fused-ring (bicyclic) bond motifs is 2. The van der Waals surface area contributed by atoms with E-state index in [4.69, 9.17) is 0 Å². The van der Waals surface area contributed by atoms with Crippen LogP contribution in [0.1, 0.15) is 43.4 Å². The fraction of sp³-hybridized carbons (Fsp3) is 0.190. The van der Waals surface area contributed by atoms with Crippen molar-refractivity contribution in [2.45, 2.75) is 21.1 Å². The van der Waals surface area contributed by atoms with Crippen LogP contribution in [-0.2, 0) is 21.3 Å². The van der Waals surface area contributed by atoms with Gasteiger partial charge < -0.3 is 0 Å². The Bertz CT molecular complexity index is 756. The van der Waals surface area contributed by atoms with Gasteiger partial charge in [-0.2, -0.15) is 0 Å². The van der Waals surface area contributed by atoms with Gasteiger partial charge in [0.25, 0.3) is 0 Å². The molecule has 0 nitrogen and oxygen atoms in total. The fourth-order valence-electron chi connectivity index (χ4n) is 4.12. The van der Waals surface area contributed by atoms with Crippen LogP contribution in [0.2, 0.25) is 0 Å². The van der Waals surface area contributed by atoms with Crippen molar-refractivity contribution in [3.05, 3.63) is 82.9 Å². The Morgan fingerprint density at radius 1 is 0.727 bits per heavy atom. The summed E-state index contributed by atoms with van der Waals surface area (Å²) in [5, 5.41) is 0. The second-order valence-corrected chi connectivity index (χ2v) is 15.6. The van der Waals surface area contributed by atoms with E-state index in [1.54, 1.807) is 14.3 Å². The van der Waals surface area contributed by atoms with Crippen molar-refractivity contribution in [3.8, 4) is 0 Å². The van der Waals surface area contributed by atoms with Crippen molar-refractivity contribution >= 4 is 15.4 Å². The van der Waals surface area contributed by atoms with E-state index in [0.717, 1.165) is 0 Å². The van der Waals surface area contributed by atoms with Crippen LogP contribution < -0.4 is 0 Å². The van der Waals surface area contributed by atoms with Crippen molar-refractivity contribution in [2.24, 2.45) is 0 Å². The summed E-state index contributed by atoms with van der Waals surface area (Å²) in [6.07, 6.45) is 9.68. The molecule has 0 saturated carbocycles. The molecule has 2 aromatic carbocycles. The van der Waals surface area contributed by atoms with Crippen LogP contribution in [0.15, 0.2) is 60.7 Å². The normalized spacial score (nSPS) is 22.5. The van der Waals surface area contributed by atoms with E-state index in [2.05, 4.69) is 86.7 Å². The third-order valence-corrected chi connectivity index (χ3v) is 15.1. The monoisotopic (exact) mass is 363 g/mol. The SMILES string of the molecule is C[C](C)=[ZrH]([CH]1C=Cc2ccccc21)[CH]1C=Cc2ccccc21. The first-order valence-electron chi connectivity index (χ1n) is 8.10. The van der Waals surface area contributed by atoms with Crippen LogP contribution in [0.25, 0.3) is 12.2 Å². The predicted molar refractivity (Wildman–Crippen MR) is 94.2 cm³/mol. The van der Waals surface area contributed by atoms with Gasteiger partial charge in [-0.25, -0.2) is 0 Å². The molecular weight excluding hydrogens is 343 g/mol. The zero-order valence-electron chi connectivity index (χ0n) is 13.2. The Balaban J connectivity index is 1.82. The molecule has 0 radical (unpaired) electrons. The molecule has 2 atom stereocenters. The second-order valence-electron chi connectivity index (χ2n) is 6.63. The van der Waals surface area contributed by atoms with Crippen molar-refractivity contribution < 1.29 is 21.3 Å². The molecule has 0 aliphatic heterocycles. The van der Waals surface area contributed by atoms with Crippen molar-refractivity contribution in [3.63, 3.8) is 0 Å². The molecule has 2 aromatic rings. The second kappa shape index (κ2) is 5.71. The summed E-state index contributed by atoms with van der Waals surface area (Å²) >= 11 is -2.00. The topological polar surface area (TPSA) is 0 Å². The van der Waals surface area contributed by atoms with Gasteiger partial charge in [0.2, 0.25) is 0 Å². The van der Waals surface area contributed by atoms with E-state index in [9.17, 15) is 0 Å². The van der Waals surface area contributed by atoms with E-state index in [1.807, 2.05) is 0 Å². The van der Waals surface area contributed by atoms with E-state index in [-0.39, 0.29) is 0 Å². The van der Waals surface area contributed by atoms with Crippen LogP contribution >= 0.6 is 0 Å². The molecule has 0 aromatic heterocycles. The molecule has 22 heavy (non-hydrogen) atoms. The van der Waals surface area contributed by atoms with E-state index in [0.29, 0.717) is 7.25 Å². The van der Waals surface area contributed by atoms with Gasteiger partial charge in [-0.1, -0.05) is 0 Å². The molecule has 0 fully saturated rings. The van der Waals surface area contributed by atoms with E-state index >= 15 is 0 Å². The van der Waals surface area contributed by atoms with Crippen molar-refractivity contribution in [1.29, 1.82) is 0 Å². The Morgan fingerprint density at radius 2 is 1.18 bits per heavy atom. The van der Waals surface area contributed by atoms with Gasteiger partial charge in [0.1, 0.15) is 0 Å². The molecule has 2 aliphatic carbocycles. The molecule has 2 unspecified atom stereocenters. The minimum atomic E-state index is -2.00. The van der Waals surface area contributed by atoms with Gasteiger partial charge in [0.05, 0.1) is 0 Å². The van der Waals surface area contributed by atoms with Gasteiger partial charge >= 0.3 is 141 Å². The Kier molecular flexibility index (Phi) is 3.70. The molecule has 0 bridgehead atoms. The number of benzene rings is 2. The van der Waals surface area contributed by atoms with Crippen molar-refractivity contribution in [1.82, 2.24) is 0 Å². The van der Waals surface area contributed by atoms with E-state index < -0.39 is 21.3 Å². The zero-order valence-corrected chi connectivity index (χ0v) is 16.0. The van der Waals surface area contributed by atoms with Crippen LogP contribution in [0.3, 0.4) is 0 Å². The number of allylic oxidation sites excluding steroid dienone is 2. The summed E-state index contributed by atoms with van der Waals surface area (Å²) in [6.45, 7) is 4.76. The van der Waals surface area contributed by atoms with E-state index in [1.165, 1.54) is 11.1 Å². The van der Waals surface area contributed by atoms with Gasteiger partial charge in [0, 0.05) is 0 Å². The summed E-state index contributed by atoms with van der Waals surface area (Å²) in [7, 11) is 0. The quantitative estimate of drug-likeness (QED) is 0.696. The molecule has 1 heteroatoms. The first-order valence-corrected chi connectivity index (χ1v) is 12.8. The van der Waals surface area contributed by atoms with Crippen LogP contribution in [-0.4, -0.2) is 3.21 Å². The summed E-state index contributed by atoms with van der Waals surface area (Å²) < 4.78 is 3.12. The molecule has 0 spiro atoms. The first kappa shape index (κ1) is 14.3. The summed E-state index contributed by atoms with van der Waals surface area (Å²) in [5.41, 5.74) is 6.01. The van der Waals surface area contributed by atoms with Crippen molar-refractivity contribution in [2.75, 3.05) is 0 Å². The number of hydrogen-bond donors (Lipinski definition) is 0. The Labute approximate surface area is 140 Å². The van der Waals surface area contributed by atoms with Gasteiger partial charge in [-0.15, -0.1) is 0 Å². The minimum absolute atomic E-state index is 0.698. The summed E-state index contributed by atoms with van der Waals surface area (Å²) in [5.74, 6) is 0. The maximum atomic E-state index is 2.49. The number of rotatable bonds is 2. The third kappa shape index (κ3) is 2.27. The standard InChI is InChI=1S/2C9H7.C3H6.Zr.H/c2*1-2-5-9-7-3-6-8(9)4-1;1-3-2;;/h2*1-7H;1-2H3;;. The van der Waals surface area contributed by atoms with Gasteiger partial charge in [-0.3, -0.25) is 0 Å². The Morgan fingerprint density at radius 3 is 1.64 bits per heavy atom. The predicted octanol–water partition coefficient (Wildman–Crippen LogP) is 5.09. The summed E-state index contributed by atoms with van der Waals surface area (Å²) in [6, 6.07) is 17.9. The Hall–Kier alpha value is -1.33. The molecule has 4 rings (SSSR count). The molecule has 0 amide bonds. The van der Waals surface area contributed by atoms with Crippen LogP contribution in [0.5, 0.6) is 0 Å². The number of hydrogen-bond acceptors (Lipinski definition) is 0. The molecular formula is C21H21Zr. The molecule has 109 valence electrons. The maximum absolute atomic E-state index is 2.49. The van der Waals surface area contributed by atoms with Crippen LogP contribution in [0.4, 0.5) is 0 Å². The zero-order chi connectivity index (χ0) is 15.1. The van der Waals surface area contributed by atoms with Crippen LogP contribution in [0, 0.1) is 0 Å². The van der Waals surface area contributed by atoms with Gasteiger partial charge in [-0.05, 0) is 0 Å².